The zero-order valence-corrected chi connectivity index (χ0v) is 15.9. The molecule has 0 saturated carbocycles. The minimum Gasteiger partial charge on any atom is -0.366 e. The summed E-state index contributed by atoms with van der Waals surface area (Å²) in [5, 5.41) is 6.61. The van der Waals surface area contributed by atoms with Crippen molar-refractivity contribution in [2.75, 3.05) is 10.6 Å². The quantitative estimate of drug-likeness (QED) is 0.646. The predicted octanol–water partition coefficient (Wildman–Crippen LogP) is 5.44. The van der Waals surface area contributed by atoms with E-state index in [4.69, 9.17) is 0 Å². The first-order valence-electron chi connectivity index (χ1n) is 8.90. The SMILES string of the molecule is Cc1ccc(CNc2ccnc(Nc3ccc(C(C)(C)C)cc3)n2)cc1. The Morgan fingerprint density at radius 1 is 0.885 bits per heavy atom. The van der Waals surface area contributed by atoms with Gasteiger partial charge in [-0.15, -0.1) is 0 Å². The summed E-state index contributed by atoms with van der Waals surface area (Å²) in [7, 11) is 0. The van der Waals surface area contributed by atoms with Crippen molar-refractivity contribution in [2.24, 2.45) is 0 Å². The number of hydrogen-bond acceptors (Lipinski definition) is 4. The van der Waals surface area contributed by atoms with Crippen molar-refractivity contribution in [2.45, 2.75) is 39.7 Å². The number of benzene rings is 2. The molecule has 26 heavy (non-hydrogen) atoms. The normalized spacial score (nSPS) is 11.2. The fraction of sp³-hybridized carbons (Fsp3) is 0.273. The Morgan fingerprint density at radius 2 is 1.58 bits per heavy atom. The lowest BCUT2D eigenvalue weighted by Crippen LogP contribution is -2.10. The van der Waals surface area contributed by atoms with Crippen LogP contribution in [0.3, 0.4) is 0 Å². The molecule has 0 radical (unpaired) electrons. The van der Waals surface area contributed by atoms with Gasteiger partial charge in [0.1, 0.15) is 5.82 Å². The van der Waals surface area contributed by atoms with Crippen LogP contribution in [-0.4, -0.2) is 9.97 Å². The summed E-state index contributed by atoms with van der Waals surface area (Å²) in [6, 6.07) is 18.8. The molecule has 4 heteroatoms. The summed E-state index contributed by atoms with van der Waals surface area (Å²) in [5.74, 6) is 1.39. The van der Waals surface area contributed by atoms with Crippen LogP contribution in [0.1, 0.15) is 37.5 Å². The van der Waals surface area contributed by atoms with Crippen molar-refractivity contribution >= 4 is 17.5 Å². The summed E-state index contributed by atoms with van der Waals surface area (Å²) in [6.07, 6.45) is 1.76. The van der Waals surface area contributed by atoms with Crippen LogP contribution in [0.5, 0.6) is 0 Å². The average Bonchev–Trinajstić information content (AvgIpc) is 2.61. The fourth-order valence-corrected chi connectivity index (χ4v) is 2.60. The molecular formula is C22H26N4. The van der Waals surface area contributed by atoms with E-state index in [9.17, 15) is 0 Å². The molecule has 0 amide bonds. The Kier molecular flexibility index (Phi) is 5.21. The lowest BCUT2D eigenvalue weighted by Gasteiger charge is -2.19. The number of anilines is 3. The zero-order valence-electron chi connectivity index (χ0n) is 15.9. The first-order valence-corrected chi connectivity index (χ1v) is 8.90. The maximum Gasteiger partial charge on any atom is 0.229 e. The van der Waals surface area contributed by atoms with Gasteiger partial charge in [-0.25, -0.2) is 4.98 Å². The van der Waals surface area contributed by atoms with Crippen molar-refractivity contribution in [3.05, 3.63) is 77.5 Å². The van der Waals surface area contributed by atoms with Gasteiger partial charge in [0.15, 0.2) is 0 Å². The summed E-state index contributed by atoms with van der Waals surface area (Å²) in [4.78, 5) is 8.85. The molecule has 0 atom stereocenters. The van der Waals surface area contributed by atoms with Crippen molar-refractivity contribution < 1.29 is 0 Å². The van der Waals surface area contributed by atoms with E-state index in [0.717, 1.165) is 18.1 Å². The monoisotopic (exact) mass is 346 g/mol. The van der Waals surface area contributed by atoms with E-state index in [0.29, 0.717) is 5.95 Å². The van der Waals surface area contributed by atoms with Crippen LogP contribution in [0.25, 0.3) is 0 Å². The van der Waals surface area contributed by atoms with E-state index >= 15 is 0 Å². The van der Waals surface area contributed by atoms with Crippen LogP contribution in [0.4, 0.5) is 17.5 Å². The molecule has 0 unspecified atom stereocenters. The van der Waals surface area contributed by atoms with Gasteiger partial charge >= 0.3 is 0 Å². The predicted molar refractivity (Wildman–Crippen MR) is 109 cm³/mol. The van der Waals surface area contributed by atoms with E-state index in [2.05, 4.69) is 96.8 Å². The fourth-order valence-electron chi connectivity index (χ4n) is 2.60. The summed E-state index contributed by atoms with van der Waals surface area (Å²) in [6.45, 7) is 9.45. The molecule has 0 aliphatic carbocycles. The van der Waals surface area contributed by atoms with Crippen molar-refractivity contribution in [1.29, 1.82) is 0 Å². The van der Waals surface area contributed by atoms with Gasteiger partial charge in [-0.3, -0.25) is 0 Å². The van der Waals surface area contributed by atoms with Gasteiger partial charge in [-0.05, 0) is 41.7 Å². The van der Waals surface area contributed by atoms with Crippen molar-refractivity contribution in [3.8, 4) is 0 Å². The first kappa shape index (κ1) is 17.9. The number of aryl methyl sites for hydroxylation is 1. The van der Waals surface area contributed by atoms with Crippen LogP contribution in [0, 0.1) is 6.92 Å². The lowest BCUT2D eigenvalue weighted by atomic mass is 9.87. The molecule has 134 valence electrons. The number of rotatable bonds is 5. The number of hydrogen-bond donors (Lipinski definition) is 2. The van der Waals surface area contributed by atoms with E-state index in [-0.39, 0.29) is 5.41 Å². The first-order chi connectivity index (χ1) is 12.4. The lowest BCUT2D eigenvalue weighted by molar-refractivity contribution is 0.590. The molecule has 3 aromatic rings. The Balaban J connectivity index is 1.64. The maximum absolute atomic E-state index is 4.54. The summed E-state index contributed by atoms with van der Waals surface area (Å²) in [5.41, 5.74) is 4.92. The topological polar surface area (TPSA) is 49.8 Å². The third-order valence-corrected chi connectivity index (χ3v) is 4.26. The molecule has 4 nitrogen and oxygen atoms in total. The summed E-state index contributed by atoms with van der Waals surface area (Å²) >= 11 is 0. The zero-order chi connectivity index (χ0) is 18.6. The van der Waals surface area contributed by atoms with Crippen LogP contribution in [0.15, 0.2) is 60.8 Å². The smallest absolute Gasteiger partial charge is 0.229 e. The Morgan fingerprint density at radius 3 is 2.23 bits per heavy atom. The van der Waals surface area contributed by atoms with E-state index in [1.807, 2.05) is 6.07 Å². The minimum absolute atomic E-state index is 0.148. The molecule has 0 bridgehead atoms. The molecule has 1 aromatic heterocycles. The highest BCUT2D eigenvalue weighted by Gasteiger charge is 2.12. The Labute approximate surface area is 155 Å². The van der Waals surface area contributed by atoms with Crippen molar-refractivity contribution in [3.63, 3.8) is 0 Å². The van der Waals surface area contributed by atoms with E-state index in [1.54, 1.807) is 6.20 Å². The second-order valence-electron chi connectivity index (χ2n) is 7.56. The van der Waals surface area contributed by atoms with Crippen LogP contribution in [0.2, 0.25) is 0 Å². The van der Waals surface area contributed by atoms with Gasteiger partial charge in [0.2, 0.25) is 5.95 Å². The molecule has 0 spiro atoms. The van der Waals surface area contributed by atoms with E-state index < -0.39 is 0 Å². The van der Waals surface area contributed by atoms with Gasteiger partial charge < -0.3 is 10.6 Å². The van der Waals surface area contributed by atoms with E-state index in [1.165, 1.54) is 16.7 Å². The second kappa shape index (κ2) is 7.56. The molecule has 0 aliphatic heterocycles. The van der Waals surface area contributed by atoms with Crippen LogP contribution < -0.4 is 10.6 Å². The number of nitrogens with zero attached hydrogens (tertiary/aromatic N) is 2. The Bertz CT molecular complexity index is 847. The second-order valence-corrected chi connectivity index (χ2v) is 7.56. The standard InChI is InChI=1S/C22H26N4/c1-16-5-7-17(8-6-16)15-24-20-13-14-23-21(26-20)25-19-11-9-18(10-12-19)22(2,3)4/h5-14H,15H2,1-4H3,(H2,23,24,25,26). The Hall–Kier alpha value is -2.88. The molecule has 0 aliphatic rings. The number of nitrogens with one attached hydrogen (secondary N) is 2. The molecule has 0 saturated heterocycles. The van der Waals surface area contributed by atoms with Crippen LogP contribution in [-0.2, 0) is 12.0 Å². The molecule has 0 fully saturated rings. The third-order valence-electron chi connectivity index (χ3n) is 4.26. The molecule has 2 aromatic carbocycles. The van der Waals surface area contributed by atoms with Gasteiger partial charge in [0.05, 0.1) is 0 Å². The molecule has 2 N–H and O–H groups in total. The molecule has 1 heterocycles. The molecular weight excluding hydrogens is 320 g/mol. The van der Waals surface area contributed by atoms with Crippen molar-refractivity contribution in [1.82, 2.24) is 9.97 Å². The number of aromatic nitrogens is 2. The summed E-state index contributed by atoms with van der Waals surface area (Å²) < 4.78 is 0. The molecule has 3 rings (SSSR count). The highest BCUT2D eigenvalue weighted by Crippen LogP contribution is 2.24. The van der Waals surface area contributed by atoms with Crippen LogP contribution >= 0.6 is 0 Å². The highest BCUT2D eigenvalue weighted by molar-refractivity contribution is 5.55. The average molecular weight is 346 g/mol. The van der Waals surface area contributed by atoms with Gasteiger partial charge in [0, 0.05) is 18.4 Å². The van der Waals surface area contributed by atoms with Gasteiger partial charge in [-0.1, -0.05) is 62.7 Å². The van der Waals surface area contributed by atoms with Gasteiger partial charge in [-0.2, -0.15) is 4.98 Å². The third kappa shape index (κ3) is 4.82. The van der Waals surface area contributed by atoms with Gasteiger partial charge in [0.25, 0.3) is 0 Å². The minimum atomic E-state index is 0.148. The largest absolute Gasteiger partial charge is 0.366 e. The maximum atomic E-state index is 4.54. The highest BCUT2D eigenvalue weighted by atomic mass is 15.1.